The van der Waals surface area contributed by atoms with Gasteiger partial charge < -0.3 is 17.7 Å². The van der Waals surface area contributed by atoms with Gasteiger partial charge in [0.15, 0.2) is 11.6 Å². The Bertz CT molecular complexity index is 413. The molecule has 0 radical (unpaired) electrons. The molecule has 0 unspecified atom stereocenters. The highest BCUT2D eigenvalue weighted by atomic mass is 19.4. The van der Waals surface area contributed by atoms with Crippen LogP contribution in [0.4, 0.5) is 17.3 Å². The molecule has 1 aromatic rings. The maximum absolute atomic E-state index is 13.3. The molecule has 2 rings (SSSR count). The minimum absolute atomic E-state index is 0.293. The minimum atomic E-state index is -5.11. The molecular weight excluding hydrogens is 247 g/mol. The Balaban J connectivity index is 2.06. The van der Waals surface area contributed by atoms with Gasteiger partial charge in [-0.05, 0) is 30.9 Å². The van der Waals surface area contributed by atoms with E-state index >= 15 is 0 Å². The number of ether oxygens (including phenoxy) is 1. The fourth-order valence-corrected chi connectivity index (χ4v) is 2.22. The van der Waals surface area contributed by atoms with Crippen molar-refractivity contribution in [1.29, 1.82) is 0 Å². The third kappa shape index (κ3) is 3.18. The first-order chi connectivity index (χ1) is 8.47. The Kier molecular flexibility index (Phi) is 3.83. The van der Waals surface area contributed by atoms with Crippen LogP contribution >= 0.6 is 0 Å². The van der Waals surface area contributed by atoms with Gasteiger partial charge in [0.1, 0.15) is 0 Å². The van der Waals surface area contributed by atoms with E-state index < -0.39 is 18.3 Å². The van der Waals surface area contributed by atoms with Crippen LogP contribution in [0.1, 0.15) is 25.7 Å². The maximum Gasteiger partial charge on any atom is 0.509 e. The Morgan fingerprint density at radius 3 is 2.44 bits per heavy atom. The first kappa shape index (κ1) is 13.2. The zero-order valence-electron chi connectivity index (χ0n) is 9.84. The predicted molar refractivity (Wildman–Crippen MR) is 62.6 cm³/mol. The molecule has 1 fully saturated rings. The smallest absolute Gasteiger partial charge is 0.490 e. The Morgan fingerprint density at radius 1 is 1.17 bits per heavy atom. The van der Waals surface area contributed by atoms with Crippen molar-refractivity contribution in [2.24, 2.45) is 5.92 Å². The topological polar surface area (TPSA) is 9.23 Å². The largest absolute Gasteiger partial charge is 0.509 e. The quantitative estimate of drug-likeness (QED) is 0.595. The fourth-order valence-electron chi connectivity index (χ4n) is 2.22. The average molecular weight is 261 g/mol. The normalized spacial score (nSPS) is 17.1. The summed E-state index contributed by atoms with van der Waals surface area (Å²) in [5.74, 6) is -0.695. The van der Waals surface area contributed by atoms with E-state index in [2.05, 4.69) is 0 Å². The van der Waals surface area contributed by atoms with Crippen molar-refractivity contribution in [1.82, 2.24) is 0 Å². The molecule has 6 heteroatoms. The number of hydrogen-bond donors (Lipinski definition) is 0. The molecule has 1 nitrogen and oxygen atoms in total. The summed E-state index contributed by atoms with van der Waals surface area (Å²) in [6, 6.07) is 2.32. The van der Waals surface area contributed by atoms with E-state index in [1.54, 1.807) is 0 Å². The lowest BCUT2D eigenvalue weighted by atomic mass is 9.80. The Hall–Kier alpha value is -1.20. The van der Waals surface area contributed by atoms with E-state index in [1.807, 2.05) is 0 Å². The van der Waals surface area contributed by atoms with Crippen LogP contribution in [0.25, 0.3) is 0 Å². The summed E-state index contributed by atoms with van der Waals surface area (Å²) in [5, 5.41) is 0. The molecule has 0 spiro atoms. The van der Waals surface area contributed by atoms with Gasteiger partial charge in [0.05, 0.1) is 6.61 Å². The van der Waals surface area contributed by atoms with E-state index in [0.717, 1.165) is 43.9 Å². The van der Waals surface area contributed by atoms with Gasteiger partial charge in [0.25, 0.3) is 0 Å². The number of benzene rings is 1. The molecule has 100 valence electrons. The molecule has 18 heavy (non-hydrogen) atoms. The van der Waals surface area contributed by atoms with Gasteiger partial charge in [-0.2, -0.15) is 0 Å². The van der Waals surface area contributed by atoms with E-state index in [1.165, 1.54) is 0 Å². The number of rotatable bonds is 4. The summed E-state index contributed by atoms with van der Waals surface area (Å²) < 4.78 is 56.1. The van der Waals surface area contributed by atoms with Gasteiger partial charge in [-0.15, -0.1) is 5.46 Å². The number of halogens is 4. The summed E-state index contributed by atoms with van der Waals surface area (Å²) in [5.41, 5.74) is -0.821. The van der Waals surface area contributed by atoms with Crippen molar-refractivity contribution in [3.63, 3.8) is 0 Å². The molecular formula is C12H14BF4O-. The average Bonchev–Trinajstić information content (AvgIpc) is 2.79. The Labute approximate surface area is 103 Å². The summed E-state index contributed by atoms with van der Waals surface area (Å²) in [6.07, 6.45) is 4.24. The van der Waals surface area contributed by atoms with Crippen LogP contribution in [0.15, 0.2) is 18.2 Å². The van der Waals surface area contributed by atoms with Crippen LogP contribution in [0.5, 0.6) is 5.75 Å². The molecule has 1 aliphatic rings. The third-order valence-corrected chi connectivity index (χ3v) is 3.28. The zero-order valence-corrected chi connectivity index (χ0v) is 9.84. The molecule has 0 bridgehead atoms. The molecule has 0 amide bonds. The number of hydrogen-bond acceptors (Lipinski definition) is 1. The molecule has 0 aromatic heterocycles. The monoisotopic (exact) mass is 261 g/mol. The van der Waals surface area contributed by atoms with Crippen molar-refractivity contribution in [3.05, 3.63) is 24.0 Å². The Morgan fingerprint density at radius 2 is 1.83 bits per heavy atom. The van der Waals surface area contributed by atoms with Crippen LogP contribution in [0, 0.1) is 11.7 Å². The molecule has 0 heterocycles. The first-order valence-corrected chi connectivity index (χ1v) is 6.09. The maximum atomic E-state index is 13.3. The highest BCUT2D eigenvalue weighted by molar-refractivity contribution is 6.73. The lowest BCUT2D eigenvalue weighted by Gasteiger charge is -2.17. The summed E-state index contributed by atoms with van der Waals surface area (Å²) in [4.78, 5) is 0. The molecule has 1 saturated carbocycles. The molecule has 1 aliphatic carbocycles. The summed E-state index contributed by atoms with van der Waals surface area (Å²) in [6.45, 7) is -4.82. The first-order valence-electron chi connectivity index (χ1n) is 6.09. The zero-order chi connectivity index (χ0) is 13.2. The molecule has 0 atom stereocenters. The lowest BCUT2D eigenvalue weighted by Crippen LogP contribution is -2.34. The van der Waals surface area contributed by atoms with Crippen molar-refractivity contribution < 1.29 is 22.1 Å². The van der Waals surface area contributed by atoms with Crippen LogP contribution in [0.2, 0.25) is 0 Å². The minimum Gasteiger partial charge on any atom is -0.490 e. The van der Waals surface area contributed by atoms with E-state index in [0.29, 0.717) is 12.5 Å². The summed E-state index contributed by atoms with van der Waals surface area (Å²) >= 11 is 0. The van der Waals surface area contributed by atoms with Gasteiger partial charge in [0.2, 0.25) is 0 Å². The van der Waals surface area contributed by atoms with Crippen LogP contribution in [-0.4, -0.2) is 13.6 Å². The van der Waals surface area contributed by atoms with Crippen LogP contribution < -0.4 is 10.2 Å². The van der Waals surface area contributed by atoms with Crippen molar-refractivity contribution in [2.45, 2.75) is 25.7 Å². The van der Waals surface area contributed by atoms with Crippen molar-refractivity contribution in [3.8, 4) is 5.75 Å². The van der Waals surface area contributed by atoms with Crippen LogP contribution in [0.3, 0.4) is 0 Å². The van der Waals surface area contributed by atoms with Crippen molar-refractivity contribution >= 4 is 12.4 Å². The van der Waals surface area contributed by atoms with Crippen molar-refractivity contribution in [2.75, 3.05) is 6.61 Å². The van der Waals surface area contributed by atoms with E-state index in [9.17, 15) is 17.3 Å². The molecule has 0 N–H and O–H groups in total. The summed E-state index contributed by atoms with van der Waals surface area (Å²) in [7, 11) is 0. The molecule has 1 aromatic carbocycles. The lowest BCUT2D eigenvalue weighted by molar-refractivity contribution is 0.242. The second-order valence-corrected chi connectivity index (χ2v) is 4.73. The van der Waals surface area contributed by atoms with Gasteiger partial charge in [-0.25, -0.2) is 4.39 Å². The second kappa shape index (κ2) is 5.20. The SMILES string of the molecule is Fc1ccc([B-](F)(F)F)cc1OCC1CCCC1. The van der Waals surface area contributed by atoms with Gasteiger partial charge >= 0.3 is 6.98 Å². The van der Waals surface area contributed by atoms with Crippen LogP contribution in [-0.2, 0) is 0 Å². The van der Waals surface area contributed by atoms with Gasteiger partial charge in [0, 0.05) is 0 Å². The van der Waals surface area contributed by atoms with E-state index in [-0.39, 0.29) is 5.75 Å². The third-order valence-electron chi connectivity index (χ3n) is 3.28. The highest BCUT2D eigenvalue weighted by Gasteiger charge is 2.26. The fraction of sp³-hybridized carbons (Fsp3) is 0.500. The highest BCUT2D eigenvalue weighted by Crippen LogP contribution is 2.26. The predicted octanol–water partition coefficient (Wildman–Crippen LogP) is 3.45. The van der Waals surface area contributed by atoms with E-state index in [4.69, 9.17) is 4.74 Å². The standard InChI is InChI=1S/C12H14BF4O/c14-11-6-5-10(13(15,16)17)7-12(11)18-8-9-3-1-2-4-9/h5-7,9H,1-4,8H2/q-1. The van der Waals surface area contributed by atoms with Gasteiger partial charge in [-0.3, -0.25) is 0 Å². The molecule has 0 aliphatic heterocycles. The van der Waals surface area contributed by atoms with Gasteiger partial charge in [-0.1, -0.05) is 18.9 Å². The second-order valence-electron chi connectivity index (χ2n) is 4.73. The molecule has 0 saturated heterocycles.